The molecule has 0 saturated carbocycles. The minimum Gasteiger partial charge on any atom is -0.469 e. The van der Waals surface area contributed by atoms with Gasteiger partial charge in [0.15, 0.2) is 0 Å². The van der Waals surface area contributed by atoms with Crippen LogP contribution in [-0.2, 0) is 6.42 Å². The lowest BCUT2D eigenvalue weighted by Crippen LogP contribution is -1.95. The molecule has 3 rings (SSSR count). The van der Waals surface area contributed by atoms with Gasteiger partial charge in [0.05, 0.1) is 23.5 Å². The Morgan fingerprint density at radius 2 is 2.05 bits per heavy atom. The fourth-order valence-corrected chi connectivity index (χ4v) is 2.54. The maximum atomic E-state index is 6.54. The number of halogens is 1. The number of para-hydroxylation sites is 1. The SMILES string of the molecule is CCc1occc1C(Cl)c1cnn(-c2ccccc2)c1. The fraction of sp³-hybridized carbons (Fsp3) is 0.188. The monoisotopic (exact) mass is 286 g/mol. The zero-order valence-corrected chi connectivity index (χ0v) is 11.9. The van der Waals surface area contributed by atoms with Crippen LogP contribution in [0, 0.1) is 0 Å². The topological polar surface area (TPSA) is 31.0 Å². The standard InChI is InChI=1S/C16H15ClN2O/c1-2-15-14(8-9-20-15)16(17)12-10-18-19(11-12)13-6-4-3-5-7-13/h3-11,16H,2H2,1H3. The quantitative estimate of drug-likeness (QED) is 0.667. The zero-order chi connectivity index (χ0) is 13.9. The van der Waals surface area contributed by atoms with Crippen LogP contribution in [0.15, 0.2) is 59.5 Å². The summed E-state index contributed by atoms with van der Waals surface area (Å²) in [5, 5.41) is 4.14. The van der Waals surface area contributed by atoms with Crippen LogP contribution < -0.4 is 0 Å². The average molecular weight is 287 g/mol. The van der Waals surface area contributed by atoms with Crippen LogP contribution in [0.25, 0.3) is 5.69 Å². The number of rotatable bonds is 4. The highest BCUT2D eigenvalue weighted by atomic mass is 35.5. The summed E-state index contributed by atoms with van der Waals surface area (Å²) in [7, 11) is 0. The van der Waals surface area contributed by atoms with Crippen molar-refractivity contribution in [1.82, 2.24) is 9.78 Å². The zero-order valence-electron chi connectivity index (χ0n) is 11.2. The van der Waals surface area contributed by atoms with E-state index < -0.39 is 0 Å². The van der Waals surface area contributed by atoms with Gasteiger partial charge < -0.3 is 4.42 Å². The van der Waals surface area contributed by atoms with Crippen molar-refractivity contribution < 1.29 is 4.42 Å². The van der Waals surface area contributed by atoms with Gasteiger partial charge in [-0.05, 0) is 18.2 Å². The van der Waals surface area contributed by atoms with Crippen molar-refractivity contribution >= 4 is 11.6 Å². The Labute approximate surface area is 122 Å². The van der Waals surface area contributed by atoms with Crippen molar-refractivity contribution in [2.45, 2.75) is 18.7 Å². The molecule has 0 saturated heterocycles. The van der Waals surface area contributed by atoms with Gasteiger partial charge in [-0.25, -0.2) is 4.68 Å². The molecule has 2 heterocycles. The molecule has 3 aromatic rings. The number of aromatic nitrogens is 2. The normalized spacial score (nSPS) is 12.5. The molecular formula is C16H15ClN2O. The van der Waals surface area contributed by atoms with E-state index in [9.17, 15) is 0 Å². The van der Waals surface area contributed by atoms with Crippen LogP contribution in [0.1, 0.15) is 29.2 Å². The Kier molecular flexibility index (Phi) is 3.61. The number of aryl methyl sites for hydroxylation is 1. The Bertz CT molecular complexity index is 687. The predicted molar refractivity (Wildman–Crippen MR) is 79.3 cm³/mol. The Balaban J connectivity index is 1.91. The lowest BCUT2D eigenvalue weighted by molar-refractivity contribution is 0.512. The highest BCUT2D eigenvalue weighted by Crippen LogP contribution is 2.32. The van der Waals surface area contributed by atoms with Crippen molar-refractivity contribution in [2.75, 3.05) is 0 Å². The highest BCUT2D eigenvalue weighted by molar-refractivity contribution is 6.22. The lowest BCUT2D eigenvalue weighted by atomic mass is 10.1. The first-order valence-corrected chi connectivity index (χ1v) is 7.03. The van der Waals surface area contributed by atoms with Gasteiger partial charge in [0.25, 0.3) is 0 Å². The number of furan rings is 1. The van der Waals surface area contributed by atoms with Crippen LogP contribution in [-0.4, -0.2) is 9.78 Å². The third kappa shape index (κ3) is 2.37. The molecule has 3 nitrogen and oxygen atoms in total. The van der Waals surface area contributed by atoms with E-state index in [0.717, 1.165) is 29.0 Å². The second-order valence-corrected chi connectivity index (χ2v) is 5.01. The summed E-state index contributed by atoms with van der Waals surface area (Å²) in [6, 6.07) is 11.9. The van der Waals surface area contributed by atoms with E-state index >= 15 is 0 Å². The van der Waals surface area contributed by atoms with Gasteiger partial charge in [0.1, 0.15) is 5.76 Å². The molecule has 1 unspecified atom stereocenters. The molecule has 0 bridgehead atoms. The predicted octanol–water partition coefficient (Wildman–Crippen LogP) is 4.36. The van der Waals surface area contributed by atoms with Crippen molar-refractivity contribution in [1.29, 1.82) is 0 Å². The van der Waals surface area contributed by atoms with E-state index in [1.54, 1.807) is 12.5 Å². The molecule has 0 fully saturated rings. The molecule has 0 aliphatic heterocycles. The largest absolute Gasteiger partial charge is 0.469 e. The average Bonchev–Trinajstić information content (AvgIpc) is 3.16. The summed E-state index contributed by atoms with van der Waals surface area (Å²) in [5.41, 5.74) is 3.00. The van der Waals surface area contributed by atoms with Crippen LogP contribution >= 0.6 is 11.6 Å². The van der Waals surface area contributed by atoms with Gasteiger partial charge in [0.2, 0.25) is 0 Å². The maximum absolute atomic E-state index is 6.54. The minimum atomic E-state index is -0.235. The first-order valence-electron chi connectivity index (χ1n) is 6.60. The summed E-state index contributed by atoms with van der Waals surface area (Å²) < 4.78 is 7.27. The molecule has 0 N–H and O–H groups in total. The molecular weight excluding hydrogens is 272 g/mol. The third-order valence-corrected chi connectivity index (χ3v) is 3.78. The van der Waals surface area contributed by atoms with E-state index in [1.807, 2.05) is 47.3 Å². The van der Waals surface area contributed by atoms with E-state index in [-0.39, 0.29) is 5.38 Å². The highest BCUT2D eigenvalue weighted by Gasteiger charge is 2.18. The van der Waals surface area contributed by atoms with Crippen LogP contribution in [0.3, 0.4) is 0 Å². The van der Waals surface area contributed by atoms with Crippen molar-refractivity contribution in [2.24, 2.45) is 0 Å². The molecule has 0 aliphatic rings. The van der Waals surface area contributed by atoms with E-state index in [1.165, 1.54) is 0 Å². The van der Waals surface area contributed by atoms with Gasteiger partial charge in [-0.15, -0.1) is 11.6 Å². The molecule has 1 aromatic carbocycles. The molecule has 4 heteroatoms. The third-order valence-electron chi connectivity index (χ3n) is 3.29. The van der Waals surface area contributed by atoms with Crippen molar-refractivity contribution in [3.8, 4) is 5.69 Å². The van der Waals surface area contributed by atoms with Gasteiger partial charge in [-0.3, -0.25) is 0 Å². The van der Waals surface area contributed by atoms with Crippen molar-refractivity contribution in [3.63, 3.8) is 0 Å². The van der Waals surface area contributed by atoms with Crippen LogP contribution in [0.2, 0.25) is 0 Å². The second-order valence-electron chi connectivity index (χ2n) is 4.57. The Hall–Kier alpha value is -2.00. The van der Waals surface area contributed by atoms with Gasteiger partial charge in [0, 0.05) is 23.7 Å². The van der Waals surface area contributed by atoms with E-state index in [0.29, 0.717) is 0 Å². The van der Waals surface area contributed by atoms with Crippen LogP contribution in [0.4, 0.5) is 0 Å². The molecule has 20 heavy (non-hydrogen) atoms. The summed E-state index contributed by atoms with van der Waals surface area (Å²) in [6.45, 7) is 2.05. The van der Waals surface area contributed by atoms with Gasteiger partial charge >= 0.3 is 0 Å². The first-order chi connectivity index (χ1) is 9.79. The lowest BCUT2D eigenvalue weighted by Gasteiger charge is -2.06. The van der Waals surface area contributed by atoms with Crippen molar-refractivity contribution in [3.05, 3.63) is 71.9 Å². The maximum Gasteiger partial charge on any atom is 0.108 e. The summed E-state index contributed by atoms with van der Waals surface area (Å²) in [6.07, 6.45) is 6.28. The Morgan fingerprint density at radius 3 is 2.80 bits per heavy atom. The number of hydrogen-bond donors (Lipinski definition) is 0. The van der Waals surface area contributed by atoms with Crippen LogP contribution in [0.5, 0.6) is 0 Å². The summed E-state index contributed by atoms with van der Waals surface area (Å²) >= 11 is 6.54. The summed E-state index contributed by atoms with van der Waals surface area (Å²) in [4.78, 5) is 0. The smallest absolute Gasteiger partial charge is 0.108 e. The van der Waals surface area contributed by atoms with Gasteiger partial charge in [-0.1, -0.05) is 25.1 Å². The molecule has 0 radical (unpaired) electrons. The van der Waals surface area contributed by atoms with Gasteiger partial charge in [-0.2, -0.15) is 5.10 Å². The molecule has 0 aliphatic carbocycles. The second kappa shape index (κ2) is 5.55. The fourth-order valence-electron chi connectivity index (χ4n) is 2.23. The summed E-state index contributed by atoms with van der Waals surface area (Å²) in [5.74, 6) is 0.928. The molecule has 0 spiro atoms. The molecule has 0 amide bonds. The first kappa shape index (κ1) is 13.0. The van der Waals surface area contributed by atoms with E-state index in [4.69, 9.17) is 16.0 Å². The number of nitrogens with zero attached hydrogens (tertiary/aromatic N) is 2. The Morgan fingerprint density at radius 1 is 1.25 bits per heavy atom. The molecule has 2 aromatic heterocycles. The molecule has 102 valence electrons. The van der Waals surface area contributed by atoms with E-state index in [2.05, 4.69) is 12.0 Å². The number of alkyl halides is 1. The minimum absolute atomic E-state index is 0.235. The number of benzene rings is 1. The number of hydrogen-bond acceptors (Lipinski definition) is 2. The molecule has 1 atom stereocenters.